The molecule has 0 spiro atoms. The van der Waals surface area contributed by atoms with Gasteiger partial charge in [0.1, 0.15) is 5.82 Å². The number of nitrogens with one attached hydrogen (secondary N) is 3. The Bertz CT molecular complexity index is 919. The molecular formula is C18H15FN4O. The van der Waals surface area contributed by atoms with E-state index in [1.54, 1.807) is 24.4 Å². The van der Waals surface area contributed by atoms with Crippen LogP contribution in [0.4, 0.5) is 10.1 Å². The highest BCUT2D eigenvalue weighted by Crippen LogP contribution is 2.25. The third kappa shape index (κ3) is 2.52. The molecule has 0 aliphatic carbocycles. The number of carbonyl (C=O) groups excluding carboxylic acids is 1. The van der Waals surface area contributed by atoms with Gasteiger partial charge in [-0.15, -0.1) is 0 Å². The lowest BCUT2D eigenvalue weighted by Gasteiger charge is -2.09. The molecule has 0 fully saturated rings. The van der Waals surface area contributed by atoms with Gasteiger partial charge in [-0.05, 0) is 29.8 Å². The number of benzene rings is 2. The van der Waals surface area contributed by atoms with E-state index >= 15 is 0 Å². The fourth-order valence-electron chi connectivity index (χ4n) is 2.86. The minimum Gasteiger partial charge on any atom is -0.381 e. The minimum atomic E-state index is -0.294. The van der Waals surface area contributed by atoms with E-state index in [9.17, 15) is 9.18 Å². The minimum absolute atomic E-state index is 0.0518. The first-order chi connectivity index (χ1) is 11.7. The van der Waals surface area contributed by atoms with Crippen molar-refractivity contribution in [2.45, 2.75) is 13.1 Å². The fourth-order valence-corrected chi connectivity index (χ4v) is 2.86. The van der Waals surface area contributed by atoms with Crippen molar-refractivity contribution in [2.24, 2.45) is 0 Å². The largest absolute Gasteiger partial charge is 0.381 e. The topological polar surface area (TPSA) is 69.8 Å². The van der Waals surface area contributed by atoms with E-state index in [0.717, 1.165) is 16.8 Å². The maximum absolute atomic E-state index is 14.0. The van der Waals surface area contributed by atoms with E-state index in [0.29, 0.717) is 29.9 Å². The first-order valence-electron chi connectivity index (χ1n) is 7.64. The second-order valence-electron chi connectivity index (χ2n) is 5.66. The monoisotopic (exact) mass is 322 g/mol. The quantitative estimate of drug-likeness (QED) is 0.691. The summed E-state index contributed by atoms with van der Waals surface area (Å²) < 4.78 is 14.0. The zero-order chi connectivity index (χ0) is 16.5. The molecule has 0 unspecified atom stereocenters. The van der Waals surface area contributed by atoms with Crippen LogP contribution in [-0.4, -0.2) is 16.1 Å². The number of rotatable bonds is 4. The van der Waals surface area contributed by atoms with Crippen molar-refractivity contribution in [2.75, 3.05) is 5.32 Å². The van der Waals surface area contributed by atoms with Gasteiger partial charge in [-0.2, -0.15) is 5.10 Å². The molecule has 6 heteroatoms. The van der Waals surface area contributed by atoms with E-state index < -0.39 is 0 Å². The second-order valence-corrected chi connectivity index (χ2v) is 5.66. The lowest BCUT2D eigenvalue weighted by molar-refractivity contribution is 0.0966. The molecular weight excluding hydrogens is 307 g/mol. The van der Waals surface area contributed by atoms with Crippen LogP contribution in [0.5, 0.6) is 0 Å². The van der Waals surface area contributed by atoms with Gasteiger partial charge < -0.3 is 10.6 Å². The maximum atomic E-state index is 14.0. The van der Waals surface area contributed by atoms with Crippen LogP contribution in [0.25, 0.3) is 11.3 Å². The number of carbonyl (C=O) groups is 1. The summed E-state index contributed by atoms with van der Waals surface area (Å²) >= 11 is 0. The van der Waals surface area contributed by atoms with E-state index in [4.69, 9.17) is 0 Å². The molecule has 24 heavy (non-hydrogen) atoms. The number of anilines is 1. The second kappa shape index (κ2) is 5.81. The number of fused-ring (bicyclic) bond motifs is 1. The fraction of sp³-hybridized carbons (Fsp3) is 0.111. The molecule has 1 amide bonds. The average molecular weight is 322 g/mol. The Morgan fingerprint density at radius 3 is 2.92 bits per heavy atom. The highest BCUT2D eigenvalue weighted by Gasteiger charge is 2.18. The van der Waals surface area contributed by atoms with Gasteiger partial charge in [-0.25, -0.2) is 4.39 Å². The van der Waals surface area contributed by atoms with Crippen LogP contribution in [0.15, 0.2) is 48.7 Å². The van der Waals surface area contributed by atoms with Gasteiger partial charge in [-0.1, -0.05) is 18.2 Å². The smallest absolute Gasteiger partial charge is 0.251 e. The van der Waals surface area contributed by atoms with Crippen LogP contribution in [-0.2, 0) is 13.1 Å². The molecule has 0 radical (unpaired) electrons. The molecule has 120 valence electrons. The van der Waals surface area contributed by atoms with E-state index in [2.05, 4.69) is 20.8 Å². The standard InChI is InChI=1S/C18H15FN4O/c19-16-4-2-1-3-14(16)17-12(10-22-23-17)9-20-13-6-5-11-8-21-18(24)15(11)7-13/h1-7,10,20H,8-9H2,(H,21,24)(H,22,23). The van der Waals surface area contributed by atoms with Crippen LogP contribution in [0.2, 0.25) is 0 Å². The summed E-state index contributed by atoms with van der Waals surface area (Å²) in [5, 5.41) is 12.9. The summed E-state index contributed by atoms with van der Waals surface area (Å²) in [6.07, 6.45) is 1.68. The lowest BCUT2D eigenvalue weighted by Crippen LogP contribution is -2.12. The first-order valence-corrected chi connectivity index (χ1v) is 7.64. The molecule has 2 heterocycles. The molecule has 4 rings (SSSR count). The predicted molar refractivity (Wildman–Crippen MR) is 88.9 cm³/mol. The third-order valence-corrected chi connectivity index (χ3v) is 4.14. The third-order valence-electron chi connectivity index (χ3n) is 4.14. The number of hydrogen-bond donors (Lipinski definition) is 3. The molecule has 0 bridgehead atoms. The van der Waals surface area contributed by atoms with Crippen molar-refractivity contribution in [3.8, 4) is 11.3 Å². The van der Waals surface area contributed by atoms with Crippen LogP contribution in [0.3, 0.4) is 0 Å². The average Bonchev–Trinajstić information content (AvgIpc) is 3.20. The van der Waals surface area contributed by atoms with Gasteiger partial charge >= 0.3 is 0 Å². The molecule has 0 saturated carbocycles. The summed E-state index contributed by atoms with van der Waals surface area (Å²) in [6, 6.07) is 12.3. The van der Waals surface area contributed by atoms with Crippen molar-refractivity contribution in [1.82, 2.24) is 15.5 Å². The van der Waals surface area contributed by atoms with Gasteiger partial charge in [0, 0.05) is 35.5 Å². The SMILES string of the molecule is O=C1NCc2ccc(NCc3cn[nH]c3-c3ccccc3F)cc21. The summed E-state index contributed by atoms with van der Waals surface area (Å²) in [5.74, 6) is -0.346. The number of aromatic nitrogens is 2. The molecule has 1 aromatic heterocycles. The van der Waals surface area contributed by atoms with Crippen LogP contribution < -0.4 is 10.6 Å². The Hall–Kier alpha value is -3.15. The van der Waals surface area contributed by atoms with Crippen molar-refractivity contribution in [1.29, 1.82) is 0 Å². The van der Waals surface area contributed by atoms with Gasteiger partial charge in [-0.3, -0.25) is 9.89 Å². The molecule has 3 N–H and O–H groups in total. The van der Waals surface area contributed by atoms with Gasteiger partial charge in [0.15, 0.2) is 0 Å². The van der Waals surface area contributed by atoms with Gasteiger partial charge in [0.25, 0.3) is 5.91 Å². The molecule has 0 saturated heterocycles. The number of amides is 1. The van der Waals surface area contributed by atoms with Crippen LogP contribution in [0.1, 0.15) is 21.5 Å². The van der Waals surface area contributed by atoms with Crippen molar-refractivity contribution >= 4 is 11.6 Å². The maximum Gasteiger partial charge on any atom is 0.251 e. The molecule has 1 aliphatic rings. The van der Waals surface area contributed by atoms with E-state index in [-0.39, 0.29) is 11.7 Å². The van der Waals surface area contributed by atoms with E-state index in [1.165, 1.54) is 6.07 Å². The van der Waals surface area contributed by atoms with Gasteiger partial charge in [0.2, 0.25) is 0 Å². The summed E-state index contributed by atoms with van der Waals surface area (Å²) in [5.41, 5.74) is 4.53. The Balaban J connectivity index is 1.56. The Morgan fingerprint density at radius 1 is 1.17 bits per heavy atom. The van der Waals surface area contributed by atoms with Crippen molar-refractivity contribution < 1.29 is 9.18 Å². The Morgan fingerprint density at radius 2 is 2.04 bits per heavy atom. The van der Waals surface area contributed by atoms with E-state index in [1.807, 2.05) is 18.2 Å². The zero-order valence-corrected chi connectivity index (χ0v) is 12.8. The number of aromatic amines is 1. The van der Waals surface area contributed by atoms with Crippen LogP contribution >= 0.6 is 0 Å². The summed E-state index contributed by atoms with van der Waals surface area (Å²) in [4.78, 5) is 11.7. The zero-order valence-electron chi connectivity index (χ0n) is 12.8. The van der Waals surface area contributed by atoms with Gasteiger partial charge in [0.05, 0.1) is 11.9 Å². The van der Waals surface area contributed by atoms with Crippen molar-refractivity contribution in [3.63, 3.8) is 0 Å². The Kier molecular flexibility index (Phi) is 3.49. The molecule has 3 aromatic rings. The highest BCUT2D eigenvalue weighted by molar-refractivity contribution is 5.99. The number of halogens is 1. The summed E-state index contributed by atoms with van der Waals surface area (Å²) in [7, 11) is 0. The number of nitrogens with zero attached hydrogens (tertiary/aromatic N) is 1. The lowest BCUT2D eigenvalue weighted by atomic mass is 10.1. The number of H-pyrrole nitrogens is 1. The molecule has 1 aliphatic heterocycles. The number of hydrogen-bond acceptors (Lipinski definition) is 3. The predicted octanol–water partition coefficient (Wildman–Crippen LogP) is 3.07. The van der Waals surface area contributed by atoms with Crippen molar-refractivity contribution in [3.05, 3.63) is 71.2 Å². The van der Waals surface area contributed by atoms with Crippen LogP contribution in [0, 0.1) is 5.82 Å². The molecule has 5 nitrogen and oxygen atoms in total. The molecule has 0 atom stereocenters. The summed E-state index contributed by atoms with van der Waals surface area (Å²) in [6.45, 7) is 1.05. The highest BCUT2D eigenvalue weighted by atomic mass is 19.1. The Labute approximate surface area is 137 Å². The normalized spacial score (nSPS) is 12.8. The first kappa shape index (κ1) is 14.4. The molecule has 2 aromatic carbocycles.